The van der Waals surface area contributed by atoms with Gasteiger partial charge in [-0.05, 0) is 24.1 Å². The first-order valence-electron chi connectivity index (χ1n) is 5.35. The molecule has 0 radical (unpaired) electrons. The highest BCUT2D eigenvalue weighted by Gasteiger charge is 2.24. The van der Waals surface area contributed by atoms with Gasteiger partial charge in [0.25, 0.3) is 5.91 Å². The molecule has 1 aromatic rings. The maximum Gasteiger partial charge on any atom is 0.326 e. The van der Waals surface area contributed by atoms with Crippen LogP contribution in [0.1, 0.15) is 24.2 Å². The number of halogens is 1. The average molecular weight is 272 g/mol. The van der Waals surface area contributed by atoms with Gasteiger partial charge in [0.15, 0.2) is 0 Å². The van der Waals surface area contributed by atoms with Crippen LogP contribution in [0, 0.1) is 5.92 Å². The number of nitrogens with one attached hydrogen (secondary N) is 1. The first-order valence-corrected chi connectivity index (χ1v) is 5.73. The fraction of sp³-hybridized carbons (Fsp3) is 0.333. The normalized spacial score (nSPS) is 12.2. The molecule has 0 aromatic heterocycles. The Hall–Kier alpha value is -1.75. The summed E-state index contributed by atoms with van der Waals surface area (Å²) in [5.41, 5.74) is 0.0450. The number of hydrogen-bond acceptors (Lipinski definition) is 3. The summed E-state index contributed by atoms with van der Waals surface area (Å²) in [6, 6.07) is 2.90. The predicted molar refractivity (Wildman–Crippen MR) is 66.8 cm³/mol. The maximum atomic E-state index is 11.9. The van der Waals surface area contributed by atoms with Gasteiger partial charge in [0.05, 0.1) is 10.6 Å². The van der Waals surface area contributed by atoms with Gasteiger partial charge in [0.2, 0.25) is 0 Å². The van der Waals surface area contributed by atoms with Gasteiger partial charge in [-0.25, -0.2) is 4.79 Å². The number of carbonyl (C=O) groups excluding carboxylic acids is 1. The van der Waals surface area contributed by atoms with E-state index in [0.29, 0.717) is 0 Å². The van der Waals surface area contributed by atoms with Crippen molar-refractivity contribution in [1.29, 1.82) is 0 Å². The number of hydrogen-bond donors (Lipinski definition) is 3. The first kappa shape index (κ1) is 14.3. The number of carboxylic acid groups (broad SMARTS) is 1. The number of rotatable bonds is 4. The van der Waals surface area contributed by atoms with Gasteiger partial charge >= 0.3 is 5.97 Å². The summed E-state index contributed by atoms with van der Waals surface area (Å²) < 4.78 is 0. The van der Waals surface area contributed by atoms with E-state index < -0.39 is 17.9 Å². The minimum atomic E-state index is -1.12. The minimum absolute atomic E-state index is 0.0450. The van der Waals surface area contributed by atoms with Crippen molar-refractivity contribution in [2.75, 3.05) is 0 Å². The molecule has 6 heteroatoms. The molecule has 0 aliphatic rings. The molecule has 0 unspecified atom stereocenters. The molecule has 0 aliphatic carbocycles. The van der Waals surface area contributed by atoms with Crippen LogP contribution in [-0.4, -0.2) is 28.1 Å². The Balaban J connectivity index is 2.94. The minimum Gasteiger partial charge on any atom is -0.508 e. The van der Waals surface area contributed by atoms with Crippen molar-refractivity contribution >= 4 is 23.5 Å². The van der Waals surface area contributed by atoms with Crippen molar-refractivity contribution in [2.45, 2.75) is 19.9 Å². The number of aromatic hydroxyl groups is 1. The van der Waals surface area contributed by atoms with Gasteiger partial charge in [0, 0.05) is 0 Å². The molecule has 0 saturated carbocycles. The van der Waals surface area contributed by atoms with E-state index in [0.717, 1.165) is 0 Å². The summed E-state index contributed by atoms with van der Waals surface area (Å²) in [5, 5.41) is 20.8. The SMILES string of the molecule is CC(C)[C@@H](NC(=O)c1cc(O)ccc1Cl)C(=O)O. The van der Waals surface area contributed by atoms with E-state index in [1.807, 2.05) is 0 Å². The Morgan fingerprint density at radius 1 is 1.33 bits per heavy atom. The average Bonchev–Trinajstić information content (AvgIpc) is 2.28. The zero-order valence-corrected chi connectivity index (χ0v) is 10.7. The first-order chi connectivity index (χ1) is 8.32. The third kappa shape index (κ3) is 3.37. The lowest BCUT2D eigenvalue weighted by Crippen LogP contribution is -2.44. The fourth-order valence-electron chi connectivity index (χ4n) is 1.42. The summed E-state index contributed by atoms with van der Waals surface area (Å²) in [6.45, 7) is 3.37. The van der Waals surface area contributed by atoms with Gasteiger partial charge in [-0.3, -0.25) is 4.79 Å². The molecule has 0 saturated heterocycles. The van der Waals surface area contributed by atoms with E-state index in [-0.39, 0.29) is 22.3 Å². The molecule has 1 aromatic carbocycles. The summed E-state index contributed by atoms with van der Waals surface area (Å²) in [5.74, 6) is -2.12. The largest absolute Gasteiger partial charge is 0.508 e. The molecular formula is C12H14ClNO4. The molecular weight excluding hydrogens is 258 g/mol. The number of carbonyl (C=O) groups is 2. The van der Waals surface area contributed by atoms with Crippen LogP contribution in [0.25, 0.3) is 0 Å². The second-order valence-corrected chi connectivity index (χ2v) is 4.60. The Morgan fingerprint density at radius 3 is 2.44 bits per heavy atom. The Kier molecular flexibility index (Phi) is 4.55. The van der Waals surface area contributed by atoms with Crippen LogP contribution in [0.15, 0.2) is 18.2 Å². The second kappa shape index (κ2) is 5.73. The molecule has 3 N–H and O–H groups in total. The number of carboxylic acids is 1. The smallest absolute Gasteiger partial charge is 0.326 e. The van der Waals surface area contributed by atoms with Crippen LogP contribution in [-0.2, 0) is 4.79 Å². The van der Waals surface area contributed by atoms with Crippen LogP contribution in [0.2, 0.25) is 5.02 Å². The number of phenols is 1. The van der Waals surface area contributed by atoms with Crippen LogP contribution in [0.4, 0.5) is 0 Å². The van der Waals surface area contributed by atoms with E-state index in [1.54, 1.807) is 13.8 Å². The molecule has 1 atom stereocenters. The van der Waals surface area contributed by atoms with E-state index in [4.69, 9.17) is 16.7 Å². The van der Waals surface area contributed by atoms with E-state index in [9.17, 15) is 14.7 Å². The maximum absolute atomic E-state index is 11.9. The lowest BCUT2D eigenvalue weighted by Gasteiger charge is -2.18. The van der Waals surface area contributed by atoms with Crippen molar-refractivity contribution in [3.05, 3.63) is 28.8 Å². The standard InChI is InChI=1S/C12H14ClNO4/c1-6(2)10(12(17)18)14-11(16)8-5-7(15)3-4-9(8)13/h3-6,10,15H,1-2H3,(H,14,16)(H,17,18)/t10-/m1/s1. The quantitative estimate of drug-likeness (QED) is 0.780. The molecule has 18 heavy (non-hydrogen) atoms. The van der Waals surface area contributed by atoms with Crippen LogP contribution >= 0.6 is 11.6 Å². The van der Waals surface area contributed by atoms with Gasteiger partial charge < -0.3 is 15.5 Å². The Labute approximate surface area is 109 Å². The molecule has 5 nitrogen and oxygen atoms in total. The number of aliphatic carboxylic acids is 1. The summed E-state index contributed by atoms with van der Waals surface area (Å²) >= 11 is 5.81. The van der Waals surface area contributed by atoms with Gasteiger partial charge in [-0.15, -0.1) is 0 Å². The van der Waals surface area contributed by atoms with E-state index >= 15 is 0 Å². The number of benzene rings is 1. The molecule has 0 fully saturated rings. The lowest BCUT2D eigenvalue weighted by atomic mass is 10.0. The van der Waals surface area contributed by atoms with Crippen molar-refractivity contribution in [3.63, 3.8) is 0 Å². The van der Waals surface area contributed by atoms with Crippen LogP contribution in [0.5, 0.6) is 5.75 Å². The summed E-state index contributed by atoms with van der Waals surface area (Å²) in [6.07, 6.45) is 0. The highest BCUT2D eigenvalue weighted by Crippen LogP contribution is 2.21. The summed E-state index contributed by atoms with van der Waals surface area (Å²) in [7, 11) is 0. The molecule has 0 aliphatic heterocycles. The monoisotopic (exact) mass is 271 g/mol. The number of amides is 1. The van der Waals surface area contributed by atoms with Crippen molar-refractivity contribution < 1.29 is 19.8 Å². The number of phenolic OH excluding ortho intramolecular Hbond substituents is 1. The van der Waals surface area contributed by atoms with E-state index in [2.05, 4.69) is 5.32 Å². The topological polar surface area (TPSA) is 86.6 Å². The molecule has 0 spiro atoms. The summed E-state index contributed by atoms with van der Waals surface area (Å²) in [4.78, 5) is 22.8. The molecule has 98 valence electrons. The van der Waals surface area contributed by atoms with Gasteiger partial charge in [-0.1, -0.05) is 25.4 Å². The van der Waals surface area contributed by atoms with Gasteiger partial charge in [0.1, 0.15) is 11.8 Å². The lowest BCUT2D eigenvalue weighted by molar-refractivity contribution is -0.140. The third-order valence-corrected chi connectivity index (χ3v) is 2.74. The zero-order chi connectivity index (χ0) is 13.9. The van der Waals surface area contributed by atoms with Crippen LogP contribution in [0.3, 0.4) is 0 Å². The predicted octanol–water partition coefficient (Wildman–Crippen LogP) is 1.88. The molecule has 0 heterocycles. The Morgan fingerprint density at radius 2 is 1.94 bits per heavy atom. The Bertz CT molecular complexity index is 473. The van der Waals surface area contributed by atoms with Crippen molar-refractivity contribution in [1.82, 2.24) is 5.32 Å². The second-order valence-electron chi connectivity index (χ2n) is 4.20. The highest BCUT2D eigenvalue weighted by molar-refractivity contribution is 6.33. The van der Waals surface area contributed by atoms with Crippen LogP contribution < -0.4 is 5.32 Å². The fourth-order valence-corrected chi connectivity index (χ4v) is 1.62. The molecule has 0 bridgehead atoms. The molecule has 1 amide bonds. The zero-order valence-electron chi connectivity index (χ0n) is 9.98. The third-order valence-electron chi connectivity index (χ3n) is 2.41. The van der Waals surface area contributed by atoms with Gasteiger partial charge in [-0.2, -0.15) is 0 Å². The van der Waals surface area contributed by atoms with E-state index in [1.165, 1.54) is 18.2 Å². The van der Waals surface area contributed by atoms with Crippen molar-refractivity contribution in [3.8, 4) is 5.75 Å². The molecule has 1 rings (SSSR count). The highest BCUT2D eigenvalue weighted by atomic mass is 35.5. The van der Waals surface area contributed by atoms with Crippen molar-refractivity contribution in [2.24, 2.45) is 5.92 Å².